The number of aromatic amines is 1. The first-order valence-electron chi connectivity index (χ1n) is 15.4. The molecule has 4 unspecified atom stereocenters. The van der Waals surface area contributed by atoms with Gasteiger partial charge in [-0.3, -0.25) is 28.7 Å². The van der Waals surface area contributed by atoms with Crippen LogP contribution in [0.5, 0.6) is 11.6 Å². The lowest BCUT2D eigenvalue weighted by atomic mass is 10.1. The van der Waals surface area contributed by atoms with Crippen LogP contribution in [-0.4, -0.2) is 83.0 Å². The van der Waals surface area contributed by atoms with Gasteiger partial charge in [-0.15, -0.1) is 0 Å². The zero-order valence-corrected chi connectivity index (χ0v) is 29.1. The van der Waals surface area contributed by atoms with Crippen LogP contribution in [0.25, 0.3) is 11.2 Å². The lowest BCUT2D eigenvalue weighted by molar-refractivity contribution is -0.384. The maximum Gasteiger partial charge on any atom is 0.381 e. The number of H-pyrrole nitrogens is 1. The predicted molar refractivity (Wildman–Crippen MR) is 178 cm³/mol. The van der Waals surface area contributed by atoms with Crippen LogP contribution in [-0.2, 0) is 44.9 Å². The minimum Gasteiger partial charge on any atom is -0.475 e. The first-order chi connectivity index (χ1) is 24.0. The summed E-state index contributed by atoms with van der Waals surface area (Å²) in [6.45, 7) is -3.26. The SMILES string of the molecule is O=c1nc(OCCS(=O)(=O)c2ccc([N+](=O)[O-])cc2)c2ncn([C@@H]3O[C@@H]4COP(=S)(Oc5ccccc5Cl)OC4C3OC3CCCCO3)c2[nH]1. The van der Waals surface area contributed by atoms with E-state index in [-0.39, 0.29) is 34.2 Å². The number of rotatable bonds is 11. The molecule has 3 aliphatic rings. The van der Waals surface area contributed by atoms with E-state index in [1.807, 2.05) is 0 Å². The number of non-ortho nitro benzene ring substituents is 1. The molecule has 0 amide bonds. The third-order valence-electron chi connectivity index (χ3n) is 8.12. The van der Waals surface area contributed by atoms with Crippen LogP contribution < -0.4 is 15.0 Å². The Balaban J connectivity index is 1.13. The van der Waals surface area contributed by atoms with Gasteiger partial charge in [0.05, 0.1) is 33.5 Å². The standard InChI is InChI=1S/C29H29ClN5O12PS2/c30-19-5-1-2-6-20(19)46-48(49)43-15-21-24(47-48)25(45-22-7-3-4-12-41-22)28(44-21)34-16-31-23-26(34)32-29(36)33-27(23)42-13-14-50(39,40)18-10-8-17(9-11-18)35(37)38/h1-2,5-6,8-11,16,21-22,24-25,28H,3-4,7,12-15H2,(H,32,33,36)/t21-,22?,24?,25?,28-,48?/m1/s1. The average molecular weight is 770 g/mol. The molecular formula is C29H29ClN5O12PS2. The van der Waals surface area contributed by atoms with Gasteiger partial charge in [0.15, 0.2) is 27.9 Å². The quantitative estimate of drug-likeness (QED) is 0.130. The maximum atomic E-state index is 12.9. The zero-order chi connectivity index (χ0) is 35.0. The number of nitrogens with one attached hydrogen (secondary N) is 1. The molecule has 1 N–H and O–H groups in total. The lowest BCUT2D eigenvalue weighted by Crippen LogP contribution is -2.43. The number of sulfone groups is 1. The molecule has 2 aromatic heterocycles. The topological polar surface area (TPSA) is 205 Å². The van der Waals surface area contributed by atoms with Crippen molar-refractivity contribution < 1.29 is 45.9 Å². The van der Waals surface area contributed by atoms with Crippen LogP contribution >= 0.6 is 18.3 Å². The Labute approximate surface area is 294 Å². The molecule has 17 nitrogen and oxygen atoms in total. The van der Waals surface area contributed by atoms with Crippen LogP contribution in [0.3, 0.4) is 0 Å². The molecule has 5 heterocycles. The number of para-hydroxylation sites is 1. The third kappa shape index (κ3) is 7.28. The van der Waals surface area contributed by atoms with Gasteiger partial charge in [0, 0.05) is 30.5 Å². The third-order valence-corrected chi connectivity index (χ3v) is 12.3. The molecule has 21 heteroatoms. The molecule has 6 atom stereocenters. The van der Waals surface area contributed by atoms with E-state index in [0.717, 1.165) is 37.1 Å². The molecule has 50 heavy (non-hydrogen) atoms. The highest BCUT2D eigenvalue weighted by atomic mass is 35.5. The summed E-state index contributed by atoms with van der Waals surface area (Å²) in [5.74, 6) is -0.417. The van der Waals surface area contributed by atoms with Gasteiger partial charge in [-0.05, 0) is 43.5 Å². The molecule has 2 aromatic carbocycles. The van der Waals surface area contributed by atoms with Crippen molar-refractivity contribution in [1.29, 1.82) is 0 Å². The zero-order valence-electron chi connectivity index (χ0n) is 25.9. The number of halogens is 1. The van der Waals surface area contributed by atoms with Gasteiger partial charge < -0.3 is 23.5 Å². The largest absolute Gasteiger partial charge is 0.475 e. The van der Waals surface area contributed by atoms with Crippen molar-refractivity contribution in [3.8, 4) is 11.6 Å². The number of imidazole rings is 1. The molecule has 0 bridgehead atoms. The molecule has 7 rings (SSSR count). The first-order valence-corrected chi connectivity index (χ1v) is 19.9. The van der Waals surface area contributed by atoms with E-state index in [4.69, 9.17) is 55.9 Å². The van der Waals surface area contributed by atoms with Crippen molar-refractivity contribution >= 4 is 56.8 Å². The van der Waals surface area contributed by atoms with Crippen molar-refractivity contribution in [2.45, 2.75) is 55.0 Å². The summed E-state index contributed by atoms with van der Waals surface area (Å²) in [5.41, 5.74) is -0.760. The maximum absolute atomic E-state index is 12.9. The van der Waals surface area contributed by atoms with Crippen LogP contribution in [0.2, 0.25) is 5.02 Å². The fourth-order valence-corrected chi connectivity index (χ4v) is 9.19. The Kier molecular flexibility index (Phi) is 9.94. The van der Waals surface area contributed by atoms with Crippen LogP contribution in [0.15, 0.2) is 64.5 Å². The van der Waals surface area contributed by atoms with E-state index in [1.165, 1.54) is 10.9 Å². The Morgan fingerprint density at radius 2 is 1.98 bits per heavy atom. The predicted octanol–water partition coefficient (Wildman–Crippen LogP) is 4.06. The van der Waals surface area contributed by atoms with Gasteiger partial charge >= 0.3 is 12.4 Å². The molecule has 3 saturated heterocycles. The van der Waals surface area contributed by atoms with Crippen LogP contribution in [0.4, 0.5) is 5.69 Å². The molecule has 0 saturated carbocycles. The van der Waals surface area contributed by atoms with Crippen LogP contribution in [0, 0.1) is 10.1 Å². The van der Waals surface area contributed by atoms with Crippen molar-refractivity contribution in [3.05, 3.63) is 80.5 Å². The number of aromatic nitrogens is 4. The summed E-state index contributed by atoms with van der Waals surface area (Å²) in [6, 6.07) is 11.3. The molecule has 3 aliphatic heterocycles. The highest BCUT2D eigenvalue weighted by molar-refractivity contribution is 8.07. The van der Waals surface area contributed by atoms with Gasteiger partial charge in [0.25, 0.3) is 5.69 Å². The van der Waals surface area contributed by atoms with Gasteiger partial charge in [-0.2, -0.15) is 4.98 Å². The number of hydrogen-bond donors (Lipinski definition) is 1. The minimum atomic E-state index is -3.89. The normalized spacial score (nSPS) is 26.8. The highest BCUT2D eigenvalue weighted by Crippen LogP contribution is 2.58. The Bertz CT molecular complexity index is 2110. The summed E-state index contributed by atoms with van der Waals surface area (Å²) in [5, 5.41) is 11.3. The molecule has 266 valence electrons. The smallest absolute Gasteiger partial charge is 0.381 e. The molecule has 0 spiro atoms. The number of benzene rings is 2. The van der Waals surface area contributed by atoms with E-state index in [2.05, 4.69) is 15.0 Å². The summed E-state index contributed by atoms with van der Waals surface area (Å²) in [7, 11) is -3.89. The number of ether oxygens (including phenoxy) is 4. The van der Waals surface area contributed by atoms with Gasteiger partial charge in [0.2, 0.25) is 5.88 Å². The van der Waals surface area contributed by atoms with Gasteiger partial charge in [-0.1, -0.05) is 23.7 Å². The van der Waals surface area contributed by atoms with Crippen molar-refractivity contribution in [3.63, 3.8) is 0 Å². The number of fused-ring (bicyclic) bond motifs is 2. The molecule has 4 aromatic rings. The Morgan fingerprint density at radius 3 is 2.72 bits per heavy atom. The van der Waals surface area contributed by atoms with Crippen molar-refractivity contribution in [2.24, 2.45) is 0 Å². The first kappa shape index (κ1) is 34.9. The summed E-state index contributed by atoms with van der Waals surface area (Å²) < 4.78 is 69.9. The average Bonchev–Trinajstić information content (AvgIpc) is 3.67. The van der Waals surface area contributed by atoms with Crippen LogP contribution in [0.1, 0.15) is 25.5 Å². The molecule has 0 radical (unpaired) electrons. The monoisotopic (exact) mass is 769 g/mol. The van der Waals surface area contributed by atoms with Crippen molar-refractivity contribution in [1.82, 2.24) is 19.5 Å². The van der Waals surface area contributed by atoms with E-state index in [0.29, 0.717) is 23.8 Å². The van der Waals surface area contributed by atoms with E-state index < -0.39 is 70.4 Å². The fourth-order valence-electron chi connectivity index (χ4n) is 5.71. The Hall–Kier alpha value is -3.52. The fraction of sp³-hybridized carbons (Fsp3) is 0.414. The summed E-state index contributed by atoms with van der Waals surface area (Å²) in [4.78, 5) is 33.8. The highest BCUT2D eigenvalue weighted by Gasteiger charge is 2.54. The number of hydrogen-bond acceptors (Lipinski definition) is 15. The Morgan fingerprint density at radius 1 is 1.18 bits per heavy atom. The summed E-state index contributed by atoms with van der Waals surface area (Å²) in [6.07, 6.45) is 0.0414. The second-order valence-corrected chi connectivity index (χ2v) is 16.8. The molecular weight excluding hydrogens is 741 g/mol. The van der Waals surface area contributed by atoms with Crippen molar-refractivity contribution in [2.75, 3.05) is 25.6 Å². The lowest BCUT2D eigenvalue weighted by Gasteiger charge is -2.36. The molecule has 3 fully saturated rings. The number of nitro benzene ring substituents is 1. The van der Waals surface area contributed by atoms with E-state index >= 15 is 0 Å². The number of nitrogens with zero attached hydrogens (tertiary/aromatic N) is 4. The second-order valence-electron chi connectivity index (χ2n) is 11.4. The van der Waals surface area contributed by atoms with Gasteiger partial charge in [-0.25, -0.2) is 18.2 Å². The number of nitro groups is 1. The summed E-state index contributed by atoms with van der Waals surface area (Å²) >= 11 is 12.0. The minimum absolute atomic E-state index is 0.0105. The van der Waals surface area contributed by atoms with Gasteiger partial charge in [0.1, 0.15) is 36.3 Å². The molecule has 0 aliphatic carbocycles. The van der Waals surface area contributed by atoms with E-state index in [9.17, 15) is 23.3 Å². The second kappa shape index (κ2) is 14.2. The van der Waals surface area contributed by atoms with E-state index in [1.54, 1.807) is 24.3 Å².